The summed E-state index contributed by atoms with van der Waals surface area (Å²) in [6.45, 7) is 15.9. The van der Waals surface area contributed by atoms with Gasteiger partial charge in [-0.05, 0) is 0 Å². The van der Waals surface area contributed by atoms with Gasteiger partial charge < -0.3 is 0 Å². The van der Waals surface area contributed by atoms with Crippen molar-refractivity contribution in [3.8, 4) is 0 Å². The van der Waals surface area contributed by atoms with Gasteiger partial charge in [-0.1, -0.05) is 0 Å². The molecule has 1 aromatic rings. The molecular formula is C19H32BClN2. The second-order valence-electron chi connectivity index (χ2n) is 6.95. The van der Waals surface area contributed by atoms with Crippen LogP contribution in [0.3, 0.4) is 0 Å². The molecule has 1 rings (SSSR count). The van der Waals surface area contributed by atoms with Crippen LogP contribution in [-0.2, 0) is 6.54 Å². The molecule has 0 aliphatic heterocycles. The van der Waals surface area contributed by atoms with Gasteiger partial charge in [0.2, 0.25) is 0 Å². The van der Waals surface area contributed by atoms with Crippen LogP contribution >= 0.6 is 11.6 Å². The zero-order valence-electron chi connectivity index (χ0n) is 15.4. The molecule has 128 valence electrons. The van der Waals surface area contributed by atoms with Gasteiger partial charge in [-0.2, -0.15) is 0 Å². The monoisotopic (exact) mass is 334 g/mol. The zero-order valence-corrected chi connectivity index (χ0v) is 16.1. The third kappa shape index (κ3) is 5.56. The van der Waals surface area contributed by atoms with E-state index in [9.17, 15) is 0 Å². The van der Waals surface area contributed by atoms with E-state index in [4.69, 9.17) is 11.6 Å². The Kier molecular flexibility index (Phi) is 7.66. The van der Waals surface area contributed by atoms with Crippen molar-refractivity contribution in [2.45, 2.75) is 64.9 Å². The summed E-state index contributed by atoms with van der Waals surface area (Å²) < 4.78 is 2.12. The topological polar surface area (TPSA) is 8.17 Å². The van der Waals surface area contributed by atoms with Gasteiger partial charge in [0.1, 0.15) is 0 Å². The molecule has 23 heavy (non-hydrogen) atoms. The van der Waals surface area contributed by atoms with Crippen LogP contribution in [0.15, 0.2) is 24.4 Å². The van der Waals surface area contributed by atoms with Crippen molar-refractivity contribution in [2.24, 2.45) is 5.41 Å². The molecule has 2 atom stereocenters. The molecule has 1 heterocycles. The minimum atomic E-state index is -0.0119. The van der Waals surface area contributed by atoms with Crippen molar-refractivity contribution in [1.82, 2.24) is 9.47 Å². The Morgan fingerprint density at radius 3 is 2.57 bits per heavy atom. The number of alkyl halides is 1. The maximum atomic E-state index is 6.68. The molecule has 4 heteroatoms. The van der Waals surface area contributed by atoms with E-state index in [1.54, 1.807) is 0 Å². The van der Waals surface area contributed by atoms with Gasteiger partial charge in [-0.25, -0.2) is 0 Å². The SMILES string of the molecule is B=c1ccc(=C)n1CCC(=C)N(C)C(Cl)CC(C)(CC)CCC. The summed E-state index contributed by atoms with van der Waals surface area (Å²) in [5.41, 5.74) is 1.35. The summed E-state index contributed by atoms with van der Waals surface area (Å²) >= 11 is 6.68. The molecule has 2 unspecified atom stereocenters. The minimum absolute atomic E-state index is 0.0119. The number of aromatic nitrogens is 1. The van der Waals surface area contributed by atoms with E-state index in [1.807, 2.05) is 19.2 Å². The van der Waals surface area contributed by atoms with Crippen LogP contribution in [-0.4, -0.2) is 29.5 Å². The molecule has 0 spiro atoms. The van der Waals surface area contributed by atoms with Gasteiger partial charge >= 0.3 is 148 Å². The zero-order chi connectivity index (χ0) is 17.6. The first-order valence-corrected chi connectivity index (χ1v) is 9.06. The number of rotatable bonds is 10. The normalized spacial score (nSPS) is 15.1. The second-order valence-corrected chi connectivity index (χ2v) is 7.45. The van der Waals surface area contributed by atoms with Crippen LogP contribution in [0.1, 0.15) is 52.9 Å². The van der Waals surface area contributed by atoms with Gasteiger partial charge in [0.15, 0.2) is 0 Å². The van der Waals surface area contributed by atoms with Crippen LogP contribution in [0.25, 0.3) is 6.58 Å². The van der Waals surface area contributed by atoms with Crippen molar-refractivity contribution in [2.75, 3.05) is 7.05 Å². The predicted octanol–water partition coefficient (Wildman–Crippen LogP) is 4.06. The fourth-order valence-electron chi connectivity index (χ4n) is 3.03. The van der Waals surface area contributed by atoms with Gasteiger partial charge in [0.25, 0.3) is 0 Å². The van der Waals surface area contributed by atoms with Crippen molar-refractivity contribution in [1.29, 1.82) is 0 Å². The Morgan fingerprint density at radius 2 is 2.09 bits per heavy atom. The van der Waals surface area contributed by atoms with Crippen molar-refractivity contribution in [3.05, 3.63) is 35.0 Å². The van der Waals surface area contributed by atoms with E-state index >= 15 is 0 Å². The average Bonchev–Trinajstić information content (AvgIpc) is 2.83. The Bertz CT molecular complexity index is 582. The van der Waals surface area contributed by atoms with Gasteiger partial charge in [0, 0.05) is 0 Å². The van der Waals surface area contributed by atoms with E-state index in [2.05, 4.69) is 50.9 Å². The average molecular weight is 335 g/mol. The molecule has 0 amide bonds. The van der Waals surface area contributed by atoms with Gasteiger partial charge in [-0.3, -0.25) is 0 Å². The molecule has 0 bridgehead atoms. The molecule has 0 saturated heterocycles. The molecule has 0 aliphatic carbocycles. The number of halogens is 1. The molecule has 2 nitrogen and oxygen atoms in total. The van der Waals surface area contributed by atoms with E-state index in [0.717, 1.165) is 42.1 Å². The number of hydrogen-bond acceptors (Lipinski definition) is 1. The number of allylic oxidation sites excluding steroid dienone is 1. The Labute approximate surface area is 147 Å². The van der Waals surface area contributed by atoms with Crippen molar-refractivity contribution < 1.29 is 0 Å². The van der Waals surface area contributed by atoms with E-state index in [-0.39, 0.29) is 5.50 Å². The number of hydrogen-bond donors (Lipinski definition) is 0. The van der Waals surface area contributed by atoms with Gasteiger partial charge in [0.05, 0.1) is 0 Å². The van der Waals surface area contributed by atoms with Crippen LogP contribution < -0.4 is 5.35 Å². The molecule has 0 aromatic carbocycles. The second kappa shape index (κ2) is 8.77. The molecule has 0 aliphatic rings. The molecule has 1 aromatic heterocycles. The van der Waals surface area contributed by atoms with E-state index < -0.39 is 0 Å². The van der Waals surface area contributed by atoms with E-state index in [1.165, 1.54) is 12.8 Å². The fraction of sp³-hybridized carbons (Fsp3) is 0.632. The molecule has 0 fully saturated rings. The summed E-state index contributed by atoms with van der Waals surface area (Å²) in [6.07, 6.45) is 5.41. The van der Waals surface area contributed by atoms with E-state index in [0.29, 0.717) is 5.41 Å². The fourth-order valence-corrected chi connectivity index (χ4v) is 3.54. The number of nitrogens with zero attached hydrogens (tertiary/aromatic N) is 2. The standard InChI is InChI=1S/C19H32BClN2/c1-7-12-19(5,8-2)14-18(21)22(6)15(3)11-13-23-16(4)9-10-17(23)20/h9-10,18,20H,3-4,7-8,11-14H2,1-2,5-6H3. The van der Waals surface area contributed by atoms with Gasteiger partial charge in [-0.15, -0.1) is 0 Å². The summed E-state index contributed by atoms with van der Waals surface area (Å²) in [5, 5.41) is 1.99. The third-order valence-corrected chi connectivity index (χ3v) is 5.52. The van der Waals surface area contributed by atoms with Crippen LogP contribution in [0, 0.1) is 10.7 Å². The summed E-state index contributed by atoms with van der Waals surface area (Å²) in [5.74, 6) is 0. The third-order valence-electron chi connectivity index (χ3n) is 5.07. The summed E-state index contributed by atoms with van der Waals surface area (Å²) in [4.78, 5) is 2.13. The molecule has 0 radical (unpaired) electrons. The maximum absolute atomic E-state index is 6.68. The van der Waals surface area contributed by atoms with Crippen LogP contribution in [0.2, 0.25) is 0 Å². The predicted molar refractivity (Wildman–Crippen MR) is 105 cm³/mol. The molecule has 0 saturated carbocycles. The Balaban J connectivity index is 2.62. The van der Waals surface area contributed by atoms with Crippen molar-refractivity contribution in [3.63, 3.8) is 0 Å². The molecular weight excluding hydrogens is 302 g/mol. The first-order valence-electron chi connectivity index (χ1n) is 8.62. The van der Waals surface area contributed by atoms with Crippen LogP contribution in [0.5, 0.6) is 0 Å². The molecule has 0 N–H and O–H groups in total. The van der Waals surface area contributed by atoms with Crippen LogP contribution in [0.4, 0.5) is 0 Å². The first-order chi connectivity index (χ1) is 10.7. The Morgan fingerprint density at radius 1 is 1.43 bits per heavy atom. The quantitative estimate of drug-likeness (QED) is 0.356. The Hall–Kier alpha value is -0.955. The summed E-state index contributed by atoms with van der Waals surface area (Å²) in [6, 6.07) is 3.99. The van der Waals surface area contributed by atoms with Crippen molar-refractivity contribution >= 4 is 25.7 Å². The summed E-state index contributed by atoms with van der Waals surface area (Å²) in [7, 11) is 6.08. The first kappa shape index (κ1) is 20.1.